The minimum Gasteiger partial charge on any atom is -0.386 e. The molecule has 3 heteroatoms. The molecule has 0 aliphatic rings. The Morgan fingerprint density at radius 2 is 1.43 bits per heavy atom. The summed E-state index contributed by atoms with van der Waals surface area (Å²) in [5.41, 5.74) is 7.53. The Bertz CT molecular complexity index is 513. The van der Waals surface area contributed by atoms with Crippen LogP contribution < -0.4 is 0 Å². The average Bonchev–Trinajstić information content (AvgIpc) is 2.47. The second kappa shape index (κ2) is 8.68. The third kappa shape index (κ3) is 4.70. The predicted molar refractivity (Wildman–Crippen MR) is 101 cm³/mol. The van der Waals surface area contributed by atoms with Crippen molar-refractivity contribution in [2.24, 2.45) is 0 Å². The van der Waals surface area contributed by atoms with Crippen molar-refractivity contribution in [3.63, 3.8) is 0 Å². The van der Waals surface area contributed by atoms with E-state index in [1.165, 1.54) is 0 Å². The minimum absolute atomic E-state index is 0.315. The van der Waals surface area contributed by atoms with E-state index in [-0.39, 0.29) is 0 Å². The smallest absolute Gasteiger partial charge is 0.146 e. The Balaban J connectivity index is 3.08. The molecule has 1 atom stereocenters. The summed E-state index contributed by atoms with van der Waals surface area (Å²) in [7, 11) is -0.0947. The molecule has 1 aromatic carbocycles. The summed E-state index contributed by atoms with van der Waals surface area (Å²) in [6.45, 7) is 14.3. The molecule has 23 heavy (non-hydrogen) atoms. The topological polar surface area (TPSA) is 29.5 Å². The summed E-state index contributed by atoms with van der Waals surface area (Å²) < 4.78 is 4.99. The summed E-state index contributed by atoms with van der Waals surface area (Å²) in [4.78, 5) is 0. The van der Waals surface area contributed by atoms with Crippen LogP contribution in [0.15, 0.2) is 24.3 Å². The van der Waals surface area contributed by atoms with Crippen LogP contribution in [0.2, 0.25) is 16.6 Å². The van der Waals surface area contributed by atoms with Gasteiger partial charge in [-0.05, 0) is 34.3 Å². The number of methoxy groups -OCH3 is 1. The molecule has 0 radical (unpaired) electrons. The molecule has 128 valence electrons. The third-order valence-corrected chi connectivity index (χ3v) is 11.2. The van der Waals surface area contributed by atoms with E-state index in [1.807, 2.05) is 24.3 Å². The highest BCUT2D eigenvalue weighted by Crippen LogP contribution is 2.40. The maximum absolute atomic E-state index is 9.93. The summed E-state index contributed by atoms with van der Waals surface area (Å²) >= 11 is 0. The monoisotopic (exact) mass is 332 g/mol. The normalized spacial score (nSPS) is 13.3. The second-order valence-electron chi connectivity index (χ2n) is 7.24. The number of aliphatic hydroxyl groups is 1. The van der Waals surface area contributed by atoms with Gasteiger partial charge < -0.3 is 9.84 Å². The molecule has 1 unspecified atom stereocenters. The van der Waals surface area contributed by atoms with Crippen LogP contribution in [-0.2, 0) is 4.74 Å². The zero-order valence-corrected chi connectivity index (χ0v) is 16.7. The van der Waals surface area contributed by atoms with Crippen molar-refractivity contribution in [3.05, 3.63) is 35.4 Å². The highest BCUT2D eigenvalue weighted by molar-refractivity contribution is 6.90. The number of benzene rings is 1. The maximum atomic E-state index is 9.93. The maximum Gasteiger partial charge on any atom is 0.146 e. The molecule has 0 spiro atoms. The van der Waals surface area contributed by atoms with E-state index in [9.17, 15) is 5.11 Å². The molecular weight excluding hydrogens is 300 g/mol. The lowest BCUT2D eigenvalue weighted by Crippen LogP contribution is -2.43. The van der Waals surface area contributed by atoms with Crippen molar-refractivity contribution >= 4 is 8.07 Å². The third-order valence-electron chi connectivity index (χ3n) is 4.91. The number of rotatable bonds is 6. The molecule has 0 saturated carbocycles. The van der Waals surface area contributed by atoms with Crippen molar-refractivity contribution in [2.75, 3.05) is 13.7 Å². The Kier molecular flexibility index (Phi) is 7.53. The van der Waals surface area contributed by atoms with Crippen LogP contribution in [0.1, 0.15) is 58.8 Å². The number of hydrogen-bond donors (Lipinski definition) is 1. The molecule has 1 N–H and O–H groups in total. The molecule has 0 saturated heterocycles. The van der Waals surface area contributed by atoms with Gasteiger partial charge in [-0.15, -0.1) is 5.54 Å². The van der Waals surface area contributed by atoms with Gasteiger partial charge >= 0.3 is 0 Å². The number of aliphatic hydroxyl groups excluding tert-OH is 1. The SMILES string of the molecule is COCC(O)c1ccc(C#C[Si](C(C)C)(C(C)C)C(C)C)cc1. The number of ether oxygens (including phenoxy) is 1. The van der Waals surface area contributed by atoms with Gasteiger partial charge in [0.25, 0.3) is 0 Å². The van der Waals surface area contributed by atoms with Crippen molar-refractivity contribution in [3.8, 4) is 11.5 Å². The molecule has 2 nitrogen and oxygen atoms in total. The van der Waals surface area contributed by atoms with E-state index in [0.717, 1.165) is 11.1 Å². The van der Waals surface area contributed by atoms with Crippen LogP contribution in [-0.4, -0.2) is 26.9 Å². The minimum atomic E-state index is -1.69. The second-order valence-corrected chi connectivity index (χ2v) is 12.8. The predicted octanol–water partition coefficient (Wildman–Crippen LogP) is 4.94. The van der Waals surface area contributed by atoms with Gasteiger partial charge in [0, 0.05) is 12.7 Å². The van der Waals surface area contributed by atoms with Gasteiger partial charge in [0.2, 0.25) is 0 Å². The van der Waals surface area contributed by atoms with Gasteiger partial charge in [0.1, 0.15) is 14.2 Å². The molecular formula is C20H32O2Si. The van der Waals surface area contributed by atoms with Crippen LogP contribution in [0.25, 0.3) is 0 Å². The Labute approximate surface area is 143 Å². The molecule has 0 amide bonds. The van der Waals surface area contributed by atoms with E-state index >= 15 is 0 Å². The summed E-state index contributed by atoms with van der Waals surface area (Å²) in [5, 5.41) is 9.93. The standard InChI is InChI=1S/C20H32O2Si/c1-15(2)23(16(3)4,17(5)6)13-12-18-8-10-19(11-9-18)20(21)14-22-7/h8-11,15-17,20-21H,14H2,1-7H3. The first-order valence-corrected chi connectivity index (χ1v) is 10.8. The lowest BCUT2D eigenvalue weighted by Gasteiger charge is -2.38. The first-order chi connectivity index (χ1) is 10.8. The van der Waals surface area contributed by atoms with E-state index in [2.05, 4.69) is 53.0 Å². The van der Waals surface area contributed by atoms with E-state index in [4.69, 9.17) is 4.74 Å². The molecule has 1 rings (SSSR count). The zero-order valence-electron chi connectivity index (χ0n) is 15.7. The van der Waals surface area contributed by atoms with Gasteiger partial charge in [0.15, 0.2) is 0 Å². The van der Waals surface area contributed by atoms with Crippen LogP contribution in [0.4, 0.5) is 0 Å². The highest BCUT2D eigenvalue weighted by Gasteiger charge is 2.41. The van der Waals surface area contributed by atoms with Crippen LogP contribution >= 0.6 is 0 Å². The Hall–Kier alpha value is -1.08. The van der Waals surface area contributed by atoms with Crippen LogP contribution in [0, 0.1) is 11.5 Å². The van der Waals surface area contributed by atoms with Crippen LogP contribution in [0.5, 0.6) is 0 Å². The van der Waals surface area contributed by atoms with Crippen molar-refractivity contribution in [2.45, 2.75) is 64.3 Å². The van der Waals surface area contributed by atoms with E-state index < -0.39 is 14.2 Å². The lowest BCUT2D eigenvalue weighted by molar-refractivity contribution is 0.0644. The number of hydrogen-bond acceptors (Lipinski definition) is 2. The van der Waals surface area contributed by atoms with Gasteiger partial charge in [-0.1, -0.05) is 59.6 Å². The molecule has 0 bridgehead atoms. The van der Waals surface area contributed by atoms with Crippen molar-refractivity contribution < 1.29 is 9.84 Å². The van der Waals surface area contributed by atoms with E-state index in [1.54, 1.807) is 7.11 Å². The zero-order chi connectivity index (χ0) is 17.6. The lowest BCUT2D eigenvalue weighted by atomic mass is 10.1. The fraction of sp³-hybridized carbons (Fsp3) is 0.600. The van der Waals surface area contributed by atoms with Crippen molar-refractivity contribution in [1.29, 1.82) is 0 Å². The van der Waals surface area contributed by atoms with Gasteiger partial charge in [-0.3, -0.25) is 0 Å². The highest BCUT2D eigenvalue weighted by atomic mass is 28.3. The quantitative estimate of drug-likeness (QED) is 0.591. The first kappa shape index (κ1) is 20.0. The molecule has 0 aliphatic carbocycles. The summed E-state index contributed by atoms with van der Waals surface area (Å²) in [6, 6.07) is 7.89. The van der Waals surface area contributed by atoms with Crippen LogP contribution in [0.3, 0.4) is 0 Å². The van der Waals surface area contributed by atoms with Gasteiger partial charge in [-0.25, -0.2) is 0 Å². The Morgan fingerprint density at radius 3 is 1.83 bits per heavy atom. The fourth-order valence-corrected chi connectivity index (χ4v) is 8.88. The van der Waals surface area contributed by atoms with Crippen molar-refractivity contribution in [1.82, 2.24) is 0 Å². The molecule has 0 heterocycles. The average molecular weight is 333 g/mol. The molecule has 0 fully saturated rings. The Morgan fingerprint density at radius 1 is 0.957 bits per heavy atom. The van der Waals surface area contributed by atoms with Gasteiger partial charge in [-0.2, -0.15) is 0 Å². The fourth-order valence-electron chi connectivity index (χ4n) is 3.66. The van der Waals surface area contributed by atoms with Gasteiger partial charge in [0.05, 0.1) is 6.61 Å². The molecule has 0 aromatic heterocycles. The summed E-state index contributed by atoms with van der Waals surface area (Å²) in [5.74, 6) is 3.43. The summed E-state index contributed by atoms with van der Waals surface area (Å²) in [6.07, 6.45) is -0.572. The molecule has 0 aliphatic heterocycles. The largest absolute Gasteiger partial charge is 0.386 e. The first-order valence-electron chi connectivity index (χ1n) is 8.55. The molecule has 1 aromatic rings. The van der Waals surface area contributed by atoms with E-state index in [0.29, 0.717) is 23.2 Å².